The van der Waals surface area contributed by atoms with Crippen LogP contribution in [-0.4, -0.2) is 69.8 Å². The molecule has 6 rings (SSSR count). The summed E-state index contributed by atoms with van der Waals surface area (Å²) in [6, 6.07) is 24.3. The molecule has 4 amide bonds. The number of carboxylic acid groups (broad SMARTS) is 1. The number of para-hydroxylation sites is 1. The van der Waals surface area contributed by atoms with Crippen LogP contribution in [0, 0.1) is 5.41 Å². The Hall–Kier alpha value is -5.75. The number of carbonyl (C=O) groups excluding carboxylic acids is 4. The van der Waals surface area contributed by atoms with Crippen LogP contribution in [0.1, 0.15) is 61.9 Å². The van der Waals surface area contributed by atoms with Crippen LogP contribution in [0.4, 0.5) is 5.69 Å². The number of nitrogens with one attached hydrogen (secondary N) is 2. The van der Waals surface area contributed by atoms with Crippen molar-refractivity contribution in [3.8, 4) is 5.75 Å². The summed E-state index contributed by atoms with van der Waals surface area (Å²) < 4.78 is 5.88. The summed E-state index contributed by atoms with van der Waals surface area (Å²) >= 11 is 6.27. The molecule has 1 saturated carbocycles. The lowest BCUT2D eigenvalue weighted by Gasteiger charge is -2.32. The summed E-state index contributed by atoms with van der Waals surface area (Å²) in [7, 11) is 0. The van der Waals surface area contributed by atoms with E-state index in [4.69, 9.17) is 16.3 Å². The summed E-state index contributed by atoms with van der Waals surface area (Å²) in [5, 5.41) is 16.2. The first-order valence-corrected chi connectivity index (χ1v) is 18.8. The van der Waals surface area contributed by atoms with Crippen LogP contribution >= 0.6 is 11.6 Å². The second-order valence-corrected chi connectivity index (χ2v) is 14.5. The minimum Gasteiger partial charge on any atom is -0.484 e. The van der Waals surface area contributed by atoms with Gasteiger partial charge in [-0.1, -0.05) is 73.0 Å². The molecule has 12 nitrogen and oxygen atoms in total. The van der Waals surface area contributed by atoms with Crippen molar-refractivity contribution in [3.63, 3.8) is 0 Å². The van der Waals surface area contributed by atoms with E-state index in [9.17, 15) is 29.1 Å². The van der Waals surface area contributed by atoms with Crippen LogP contribution in [-0.2, 0) is 36.8 Å². The molecule has 3 aromatic carbocycles. The lowest BCUT2D eigenvalue weighted by molar-refractivity contribution is -0.144. The molecule has 1 aliphatic heterocycles. The van der Waals surface area contributed by atoms with E-state index in [0.717, 1.165) is 18.4 Å². The fourth-order valence-electron chi connectivity index (χ4n) is 7.54. The topological polar surface area (TPSA) is 158 Å². The number of ether oxygens (including phenoxy) is 1. The number of nitrogens with zero attached hydrogens (tertiary/aromatic N) is 3. The third-order valence-corrected chi connectivity index (χ3v) is 10.6. The molecule has 2 aliphatic rings. The van der Waals surface area contributed by atoms with E-state index in [1.807, 2.05) is 24.3 Å². The molecule has 4 aromatic rings. The molecular formula is C42H44ClN5O7. The molecule has 1 aromatic heterocycles. The van der Waals surface area contributed by atoms with Gasteiger partial charge in [-0.25, -0.2) is 4.79 Å². The van der Waals surface area contributed by atoms with Gasteiger partial charge in [-0.2, -0.15) is 0 Å². The Kier molecular flexibility index (Phi) is 12.5. The van der Waals surface area contributed by atoms with Crippen molar-refractivity contribution in [2.45, 2.75) is 70.1 Å². The number of anilines is 1. The average molecular weight is 766 g/mol. The quantitative estimate of drug-likeness (QED) is 0.143. The van der Waals surface area contributed by atoms with Crippen molar-refractivity contribution in [1.82, 2.24) is 20.5 Å². The van der Waals surface area contributed by atoms with E-state index in [-0.39, 0.29) is 37.2 Å². The summed E-state index contributed by atoms with van der Waals surface area (Å²) in [5.74, 6) is -1.89. The Bertz CT molecular complexity index is 1970. The van der Waals surface area contributed by atoms with Crippen LogP contribution in [0.3, 0.4) is 0 Å². The Morgan fingerprint density at radius 2 is 1.65 bits per heavy atom. The van der Waals surface area contributed by atoms with E-state index in [1.165, 1.54) is 6.92 Å². The monoisotopic (exact) mass is 765 g/mol. The average Bonchev–Trinajstić information content (AvgIpc) is 3.78. The zero-order valence-corrected chi connectivity index (χ0v) is 31.3. The van der Waals surface area contributed by atoms with Crippen LogP contribution in [0.15, 0.2) is 103 Å². The molecule has 2 fully saturated rings. The van der Waals surface area contributed by atoms with Gasteiger partial charge in [0.2, 0.25) is 11.8 Å². The van der Waals surface area contributed by atoms with Crippen molar-refractivity contribution in [1.29, 1.82) is 0 Å². The van der Waals surface area contributed by atoms with Gasteiger partial charge in [0.25, 0.3) is 11.8 Å². The molecule has 3 unspecified atom stereocenters. The number of hydrogen-bond acceptors (Lipinski definition) is 7. The Balaban J connectivity index is 1.27. The fourth-order valence-corrected chi connectivity index (χ4v) is 7.67. The van der Waals surface area contributed by atoms with Gasteiger partial charge in [0.1, 0.15) is 24.0 Å². The second kappa shape index (κ2) is 17.6. The van der Waals surface area contributed by atoms with E-state index in [2.05, 4.69) is 15.6 Å². The molecular weight excluding hydrogens is 722 g/mol. The summed E-state index contributed by atoms with van der Waals surface area (Å²) in [5.41, 5.74) is 1.79. The number of aliphatic carboxylic acids is 1. The van der Waals surface area contributed by atoms with E-state index in [1.54, 1.807) is 88.9 Å². The molecule has 1 saturated heterocycles. The zero-order valence-electron chi connectivity index (χ0n) is 30.5. The number of hydrogen-bond donors (Lipinski definition) is 3. The lowest BCUT2D eigenvalue weighted by atomic mass is 9.81. The number of halogens is 1. The predicted molar refractivity (Wildman–Crippen MR) is 206 cm³/mol. The molecule has 0 radical (unpaired) electrons. The van der Waals surface area contributed by atoms with Gasteiger partial charge in [0, 0.05) is 49.4 Å². The molecule has 13 heteroatoms. The highest BCUT2D eigenvalue weighted by atomic mass is 35.5. The van der Waals surface area contributed by atoms with Gasteiger partial charge in [-0.15, -0.1) is 0 Å². The molecule has 3 atom stereocenters. The van der Waals surface area contributed by atoms with Crippen molar-refractivity contribution < 1.29 is 33.8 Å². The van der Waals surface area contributed by atoms with E-state index >= 15 is 0 Å². The minimum absolute atomic E-state index is 0.00273. The lowest BCUT2D eigenvalue weighted by Crippen LogP contribution is -2.49. The maximum absolute atomic E-state index is 14.6. The van der Waals surface area contributed by atoms with Crippen LogP contribution in [0.5, 0.6) is 5.75 Å². The van der Waals surface area contributed by atoms with E-state index in [0.29, 0.717) is 53.4 Å². The molecule has 0 spiro atoms. The number of amides is 4. The third kappa shape index (κ3) is 9.32. The SMILES string of the molecule is CC(=O)NCCC1(C(=O)NC(Cc2ccc(N3C(=O)C(Cc4cccnc4)N(C(=O)COc4ccccc4)C3c3ccc(Cl)cc3)cc2)C(=O)O)CCCC1. The third-order valence-electron chi connectivity index (χ3n) is 10.4. The predicted octanol–water partition coefficient (Wildman–Crippen LogP) is 5.50. The van der Waals surface area contributed by atoms with Crippen LogP contribution in [0.25, 0.3) is 0 Å². The normalized spacial score (nSPS) is 18.1. The van der Waals surface area contributed by atoms with Crippen LogP contribution in [0.2, 0.25) is 5.02 Å². The van der Waals surface area contributed by atoms with Gasteiger partial charge >= 0.3 is 5.97 Å². The molecule has 1 aliphatic carbocycles. The van der Waals surface area contributed by atoms with Gasteiger partial charge < -0.3 is 25.4 Å². The standard InChI is InChI=1S/C42H44ClN5O7/c1-28(49)45-23-21-42(19-5-6-20-42)41(54)46-35(40(52)53)24-29-11-17-33(18-12-29)47-38(31-13-15-32(43)16-14-31)48(37(50)27-55-34-9-3-2-4-10-34)36(39(47)51)25-30-8-7-22-44-26-30/h2-4,7-18,22,26,35-36,38H,5-6,19-21,23-25,27H2,1H3,(H,45,49)(H,46,54)(H,52,53). The first kappa shape index (κ1) is 39.0. The minimum atomic E-state index is -1.20. The number of carboxylic acids is 1. The van der Waals surface area contributed by atoms with Crippen molar-refractivity contribution >= 4 is 46.9 Å². The maximum Gasteiger partial charge on any atom is 0.326 e. The molecule has 2 heterocycles. The molecule has 3 N–H and O–H groups in total. The largest absolute Gasteiger partial charge is 0.484 e. The Morgan fingerprint density at radius 3 is 2.29 bits per heavy atom. The highest BCUT2D eigenvalue weighted by molar-refractivity contribution is 6.30. The summed E-state index contributed by atoms with van der Waals surface area (Å²) in [4.78, 5) is 73.6. The highest BCUT2D eigenvalue weighted by Gasteiger charge is 2.50. The number of rotatable bonds is 15. The van der Waals surface area contributed by atoms with Crippen molar-refractivity contribution in [2.24, 2.45) is 5.41 Å². The van der Waals surface area contributed by atoms with Crippen molar-refractivity contribution in [2.75, 3.05) is 18.1 Å². The van der Waals surface area contributed by atoms with E-state index < -0.39 is 35.5 Å². The van der Waals surface area contributed by atoms with Crippen LogP contribution < -0.4 is 20.3 Å². The van der Waals surface area contributed by atoms with Gasteiger partial charge in [0.05, 0.1) is 5.41 Å². The number of carbonyl (C=O) groups is 5. The zero-order chi connectivity index (χ0) is 39.0. The summed E-state index contributed by atoms with van der Waals surface area (Å²) in [6.07, 6.45) is 6.03. The maximum atomic E-state index is 14.6. The highest BCUT2D eigenvalue weighted by Crippen LogP contribution is 2.42. The van der Waals surface area contributed by atoms with Gasteiger partial charge in [0.15, 0.2) is 6.61 Å². The molecule has 286 valence electrons. The number of aromatic nitrogens is 1. The fraction of sp³-hybridized carbons (Fsp3) is 0.333. The van der Waals surface area contributed by atoms with Gasteiger partial charge in [-0.3, -0.25) is 29.1 Å². The first-order chi connectivity index (χ1) is 26.5. The molecule has 55 heavy (non-hydrogen) atoms. The van der Waals surface area contributed by atoms with Crippen molar-refractivity contribution in [3.05, 3.63) is 125 Å². The Morgan fingerprint density at radius 1 is 0.945 bits per heavy atom. The smallest absolute Gasteiger partial charge is 0.326 e. The Labute approximate surface area is 324 Å². The second-order valence-electron chi connectivity index (χ2n) is 14.1. The summed E-state index contributed by atoms with van der Waals surface area (Å²) in [6.45, 7) is 1.44. The number of pyridine rings is 1. The van der Waals surface area contributed by atoms with Gasteiger partial charge in [-0.05, 0) is 78.4 Å². The first-order valence-electron chi connectivity index (χ1n) is 18.4. The molecule has 0 bridgehead atoms. The number of benzene rings is 3.